The Labute approximate surface area is 146 Å². The number of rotatable bonds is 2. The number of para-hydroxylation sites is 1. The van der Waals surface area contributed by atoms with Gasteiger partial charge in [-0.05, 0) is 18.6 Å². The van der Waals surface area contributed by atoms with Gasteiger partial charge in [0.05, 0.1) is 0 Å². The number of hydrogen-bond acceptors (Lipinski definition) is 4. The molecule has 138 valence electrons. The molecule has 0 aliphatic carbocycles. The van der Waals surface area contributed by atoms with E-state index in [0.717, 1.165) is 4.90 Å². The lowest BCUT2D eigenvalue weighted by Gasteiger charge is -2.24. The highest BCUT2D eigenvalue weighted by molar-refractivity contribution is 5.70. The molecule has 5 nitrogen and oxygen atoms in total. The molecule has 0 unspecified atom stereocenters. The molecular formula is C17H15F4N3O2. The van der Waals surface area contributed by atoms with Gasteiger partial charge in [0.15, 0.2) is 0 Å². The van der Waals surface area contributed by atoms with Crippen LogP contribution in [0.4, 0.5) is 28.0 Å². The maximum Gasteiger partial charge on any atom is 0.415 e. The minimum atomic E-state index is -1.71. The van der Waals surface area contributed by atoms with Crippen molar-refractivity contribution in [1.29, 1.82) is 0 Å². The highest BCUT2D eigenvalue weighted by Crippen LogP contribution is 2.27. The van der Waals surface area contributed by atoms with Gasteiger partial charge in [0, 0.05) is 26.2 Å². The SMILES string of the molecule is O=C(Oc1ccccc1)N1CCCN(c2c(F)c(F)nc(F)c2F)CC1. The van der Waals surface area contributed by atoms with Crippen LogP contribution < -0.4 is 9.64 Å². The van der Waals surface area contributed by atoms with Gasteiger partial charge in [-0.1, -0.05) is 18.2 Å². The highest BCUT2D eigenvalue weighted by atomic mass is 19.2. The number of anilines is 1. The molecule has 0 saturated carbocycles. The molecule has 1 aliphatic rings. The number of amides is 1. The molecule has 2 aromatic rings. The van der Waals surface area contributed by atoms with E-state index in [2.05, 4.69) is 4.98 Å². The Kier molecular flexibility index (Phi) is 5.24. The van der Waals surface area contributed by atoms with Gasteiger partial charge in [0.25, 0.3) is 11.9 Å². The first-order chi connectivity index (χ1) is 12.5. The number of carbonyl (C=O) groups is 1. The zero-order chi connectivity index (χ0) is 18.7. The summed E-state index contributed by atoms with van der Waals surface area (Å²) < 4.78 is 59.7. The van der Waals surface area contributed by atoms with Crippen LogP contribution in [0.2, 0.25) is 0 Å². The molecule has 0 radical (unpaired) electrons. The van der Waals surface area contributed by atoms with Crippen LogP contribution in [0.5, 0.6) is 5.75 Å². The van der Waals surface area contributed by atoms with Gasteiger partial charge >= 0.3 is 6.09 Å². The molecule has 1 aliphatic heterocycles. The normalized spacial score (nSPS) is 14.9. The van der Waals surface area contributed by atoms with Gasteiger partial charge in [-0.3, -0.25) is 0 Å². The minimum absolute atomic E-state index is 0.0133. The first kappa shape index (κ1) is 18.0. The summed E-state index contributed by atoms with van der Waals surface area (Å²) in [6, 6.07) is 8.44. The Morgan fingerprint density at radius 1 is 0.923 bits per heavy atom. The quantitative estimate of drug-likeness (QED) is 0.602. The van der Waals surface area contributed by atoms with E-state index in [-0.39, 0.29) is 26.2 Å². The second-order valence-corrected chi connectivity index (χ2v) is 5.68. The third kappa shape index (κ3) is 3.71. The van der Waals surface area contributed by atoms with Crippen molar-refractivity contribution in [1.82, 2.24) is 9.88 Å². The number of ether oxygens (including phenoxy) is 1. The van der Waals surface area contributed by atoms with Crippen LogP contribution in [0.15, 0.2) is 30.3 Å². The van der Waals surface area contributed by atoms with Gasteiger partial charge < -0.3 is 14.5 Å². The molecule has 1 aromatic carbocycles. The number of hydrogen-bond donors (Lipinski definition) is 0. The summed E-state index contributed by atoms with van der Waals surface area (Å²) in [5, 5.41) is 0. The van der Waals surface area contributed by atoms with Crippen LogP contribution in [-0.4, -0.2) is 42.2 Å². The fourth-order valence-electron chi connectivity index (χ4n) is 2.73. The second kappa shape index (κ2) is 7.59. The van der Waals surface area contributed by atoms with E-state index >= 15 is 0 Å². The van der Waals surface area contributed by atoms with E-state index in [9.17, 15) is 22.4 Å². The summed E-state index contributed by atoms with van der Waals surface area (Å²) in [4.78, 5) is 17.3. The van der Waals surface area contributed by atoms with Gasteiger partial charge in [0.1, 0.15) is 11.4 Å². The van der Waals surface area contributed by atoms with Gasteiger partial charge in [-0.2, -0.15) is 22.5 Å². The molecule has 3 rings (SSSR count). The van der Waals surface area contributed by atoms with Crippen molar-refractivity contribution in [2.45, 2.75) is 6.42 Å². The Balaban J connectivity index is 1.72. The number of halogens is 4. The summed E-state index contributed by atoms with van der Waals surface area (Å²) in [6.07, 6.45) is -0.264. The van der Waals surface area contributed by atoms with Crippen molar-refractivity contribution in [2.24, 2.45) is 0 Å². The fourth-order valence-corrected chi connectivity index (χ4v) is 2.73. The van der Waals surface area contributed by atoms with E-state index in [1.54, 1.807) is 30.3 Å². The van der Waals surface area contributed by atoms with E-state index in [1.165, 1.54) is 4.90 Å². The van der Waals surface area contributed by atoms with Crippen molar-refractivity contribution in [2.75, 3.05) is 31.1 Å². The Hall–Kier alpha value is -2.84. The number of pyridine rings is 1. The van der Waals surface area contributed by atoms with Crippen molar-refractivity contribution < 1.29 is 27.1 Å². The molecule has 2 heterocycles. The molecule has 0 bridgehead atoms. The average Bonchev–Trinajstić information content (AvgIpc) is 2.87. The summed E-state index contributed by atoms with van der Waals surface area (Å²) in [6.45, 7) is 0.462. The first-order valence-corrected chi connectivity index (χ1v) is 7.94. The largest absolute Gasteiger partial charge is 0.415 e. The topological polar surface area (TPSA) is 45.7 Å². The molecule has 1 amide bonds. The number of benzene rings is 1. The summed E-state index contributed by atoms with van der Waals surface area (Å²) in [5.41, 5.74) is -0.812. The van der Waals surface area contributed by atoms with Crippen molar-refractivity contribution >= 4 is 11.8 Å². The third-order valence-electron chi connectivity index (χ3n) is 3.99. The monoisotopic (exact) mass is 369 g/mol. The second-order valence-electron chi connectivity index (χ2n) is 5.68. The number of carbonyl (C=O) groups excluding carboxylic acids is 1. The zero-order valence-corrected chi connectivity index (χ0v) is 13.6. The first-order valence-electron chi connectivity index (χ1n) is 7.94. The number of nitrogens with zero attached hydrogens (tertiary/aromatic N) is 3. The lowest BCUT2D eigenvalue weighted by molar-refractivity contribution is 0.155. The van der Waals surface area contributed by atoms with Crippen LogP contribution in [-0.2, 0) is 0 Å². The van der Waals surface area contributed by atoms with Crippen molar-refractivity contribution in [3.63, 3.8) is 0 Å². The van der Waals surface area contributed by atoms with Crippen molar-refractivity contribution in [3.05, 3.63) is 53.9 Å². The Morgan fingerprint density at radius 3 is 2.23 bits per heavy atom. The summed E-state index contributed by atoms with van der Waals surface area (Å²) >= 11 is 0. The molecule has 1 fully saturated rings. The maximum absolute atomic E-state index is 13.9. The molecule has 0 spiro atoms. The lowest BCUT2D eigenvalue weighted by Crippen LogP contribution is -2.37. The van der Waals surface area contributed by atoms with E-state index in [1.807, 2.05) is 0 Å². The minimum Gasteiger partial charge on any atom is -0.410 e. The van der Waals surface area contributed by atoms with Gasteiger partial charge in [-0.25, -0.2) is 4.79 Å². The maximum atomic E-state index is 13.9. The van der Waals surface area contributed by atoms with E-state index in [0.29, 0.717) is 12.2 Å². The lowest BCUT2D eigenvalue weighted by atomic mass is 10.3. The molecule has 1 aromatic heterocycles. The van der Waals surface area contributed by atoms with Crippen LogP contribution in [0.1, 0.15) is 6.42 Å². The molecular weight excluding hydrogens is 354 g/mol. The third-order valence-corrected chi connectivity index (χ3v) is 3.99. The number of aromatic nitrogens is 1. The van der Waals surface area contributed by atoms with Crippen molar-refractivity contribution in [3.8, 4) is 5.75 Å². The van der Waals surface area contributed by atoms with Crippen LogP contribution >= 0.6 is 0 Å². The molecule has 0 N–H and O–H groups in total. The predicted octanol–water partition coefficient (Wildman–Crippen LogP) is 3.35. The van der Waals surface area contributed by atoms with E-state index < -0.39 is 35.3 Å². The standard InChI is InChI=1S/C17H15F4N3O2/c18-12-14(13(19)16(21)22-15(12)20)23-7-4-8-24(10-9-23)17(25)26-11-5-2-1-3-6-11/h1-3,5-6H,4,7-10H2. The van der Waals surface area contributed by atoms with E-state index in [4.69, 9.17) is 4.74 Å². The van der Waals surface area contributed by atoms with Gasteiger partial charge in [0.2, 0.25) is 11.6 Å². The Bertz CT molecular complexity index is 778. The zero-order valence-electron chi connectivity index (χ0n) is 13.6. The average molecular weight is 369 g/mol. The summed E-state index contributed by atoms with van der Waals surface area (Å²) in [5.74, 6) is -6.14. The summed E-state index contributed by atoms with van der Waals surface area (Å²) in [7, 11) is 0. The molecule has 9 heteroatoms. The fraction of sp³-hybridized carbons (Fsp3) is 0.294. The Morgan fingerprint density at radius 2 is 1.58 bits per heavy atom. The molecule has 26 heavy (non-hydrogen) atoms. The van der Waals surface area contributed by atoms with Crippen LogP contribution in [0.25, 0.3) is 0 Å². The van der Waals surface area contributed by atoms with Gasteiger partial charge in [-0.15, -0.1) is 0 Å². The molecule has 1 saturated heterocycles. The smallest absolute Gasteiger partial charge is 0.410 e. The highest BCUT2D eigenvalue weighted by Gasteiger charge is 2.28. The van der Waals surface area contributed by atoms with Crippen LogP contribution in [0, 0.1) is 23.5 Å². The molecule has 0 atom stereocenters. The van der Waals surface area contributed by atoms with Crippen LogP contribution in [0.3, 0.4) is 0 Å². The predicted molar refractivity (Wildman–Crippen MR) is 84.9 cm³/mol.